The molecule has 0 saturated heterocycles. The van der Waals surface area contributed by atoms with Gasteiger partial charge in [0.05, 0.1) is 0 Å². The van der Waals surface area contributed by atoms with E-state index >= 15 is 0 Å². The van der Waals surface area contributed by atoms with Crippen molar-refractivity contribution in [1.82, 2.24) is 0 Å². The smallest absolute Gasteiger partial charge is 0.137 e. The van der Waals surface area contributed by atoms with Crippen LogP contribution < -0.4 is 0 Å². The molecule has 0 atom stereocenters. The number of hydrogen-bond acceptors (Lipinski definition) is 1. The molecule has 0 nitrogen and oxygen atoms in total. The average molecular weight is 238 g/mol. The fraction of sp³-hybridized carbons (Fsp3) is 0. The Bertz CT molecular complexity index is 8.00. The molecule has 0 unspecified atom stereocenters. The summed E-state index contributed by atoms with van der Waals surface area (Å²) in [6.07, 6.45) is 0. The van der Waals surface area contributed by atoms with Crippen LogP contribution in [0.4, 0.5) is 0 Å². The van der Waals surface area contributed by atoms with Gasteiger partial charge < -0.3 is 0 Å². The Hall–Kier alpha value is 1.98. The number of hydrogen-bond donors (Lipinski definition) is 0. The fourth-order valence-corrected chi connectivity index (χ4v) is 0. The molecular weight excluding hydrogens is 238 g/mol. The van der Waals surface area contributed by atoms with Crippen molar-refractivity contribution in [2.75, 3.05) is 0 Å². The summed E-state index contributed by atoms with van der Waals surface area (Å²) < 4.78 is 0. The molecule has 0 aliphatic carbocycles. The fourth-order valence-electron chi connectivity index (χ4n) is 0. The Balaban J connectivity index is -0.00000000500. The van der Waals surface area contributed by atoms with Crippen LogP contribution in [0.1, 0.15) is 0 Å². The van der Waals surface area contributed by atoms with E-state index in [0.717, 1.165) is 0 Å². The van der Waals surface area contributed by atoms with Gasteiger partial charge in [0.1, 0.15) is 8.95 Å². The molecular formula is CdSSiZn. The summed E-state index contributed by atoms with van der Waals surface area (Å²) in [5, 5.41) is 0. The van der Waals surface area contributed by atoms with Gasteiger partial charge in [0.25, 0.3) is 0 Å². The van der Waals surface area contributed by atoms with Crippen LogP contribution in [0.25, 0.3) is 0 Å². The van der Waals surface area contributed by atoms with Crippen molar-refractivity contribution >= 4 is 20.6 Å². The minimum atomic E-state index is 0. The summed E-state index contributed by atoms with van der Waals surface area (Å²) in [5.74, 6) is 0. The van der Waals surface area contributed by atoms with Crippen molar-refractivity contribution in [3.05, 3.63) is 0 Å². The summed E-state index contributed by atoms with van der Waals surface area (Å²) in [6, 6.07) is 0. The predicted octanol–water partition coefficient (Wildman–Crippen LogP) is 0.262. The summed E-state index contributed by atoms with van der Waals surface area (Å²) in [4.78, 5) is 0. The molecule has 0 saturated carbocycles. The van der Waals surface area contributed by atoms with E-state index in [1.54, 1.807) is 0 Å². The molecule has 0 bridgehead atoms. The molecule has 0 aromatic rings. The SMILES string of the molecule is [Cd].[Si]=S.[Zn]. The normalized spacial score (nSPS) is 1.00. The Labute approximate surface area is 66.6 Å². The minimum Gasteiger partial charge on any atom is -0.137 e. The molecule has 0 fully saturated rings. The topological polar surface area (TPSA) is 0 Å². The van der Waals surface area contributed by atoms with E-state index in [2.05, 4.69) is 20.6 Å². The van der Waals surface area contributed by atoms with Crippen molar-refractivity contribution in [3.63, 3.8) is 0 Å². The molecule has 0 rings (SSSR count). The van der Waals surface area contributed by atoms with E-state index in [1.165, 1.54) is 0 Å². The summed E-state index contributed by atoms with van der Waals surface area (Å²) in [6.45, 7) is 0. The van der Waals surface area contributed by atoms with E-state index in [-0.39, 0.29) is 46.8 Å². The third kappa shape index (κ3) is 9.01. The molecule has 0 aromatic carbocycles. The Morgan fingerprint density at radius 3 is 1.25 bits per heavy atom. The largest absolute Gasteiger partial charge is 0.137 e. The van der Waals surface area contributed by atoms with Crippen molar-refractivity contribution in [2.45, 2.75) is 0 Å². The van der Waals surface area contributed by atoms with E-state index in [4.69, 9.17) is 0 Å². The zero-order valence-electron chi connectivity index (χ0n) is 2.32. The monoisotopic (exact) mass is 238 g/mol. The molecule has 0 aliphatic heterocycles. The van der Waals surface area contributed by atoms with E-state index in [1.807, 2.05) is 0 Å². The average Bonchev–Trinajstić information content (AvgIpc) is 1.00. The van der Waals surface area contributed by atoms with Gasteiger partial charge in [-0.2, -0.15) is 0 Å². The maximum absolute atomic E-state index is 3.89. The van der Waals surface area contributed by atoms with Gasteiger partial charge in [0.15, 0.2) is 0 Å². The molecule has 14 valence electrons. The number of rotatable bonds is 0. The van der Waals surface area contributed by atoms with Crippen LogP contribution in [0, 0.1) is 0 Å². The molecule has 4 heteroatoms. The van der Waals surface area contributed by atoms with Crippen molar-refractivity contribution < 1.29 is 46.8 Å². The second-order valence-corrected chi connectivity index (χ2v) is 0. The first-order valence-electron chi connectivity index (χ1n) is 0.204. The van der Waals surface area contributed by atoms with Crippen molar-refractivity contribution in [1.29, 1.82) is 0 Å². The van der Waals surface area contributed by atoms with Gasteiger partial charge in [0.2, 0.25) is 0 Å². The second kappa shape index (κ2) is 20.1. The first kappa shape index (κ1) is 16.7. The summed E-state index contributed by atoms with van der Waals surface area (Å²) in [5.41, 5.74) is 0. The maximum atomic E-state index is 3.89. The van der Waals surface area contributed by atoms with Gasteiger partial charge in [-0.15, -0.1) is 11.6 Å². The minimum absolute atomic E-state index is 0. The molecule has 4 heavy (non-hydrogen) atoms. The second-order valence-electron chi connectivity index (χ2n) is 0. The first-order valence-corrected chi connectivity index (χ1v) is 1.84. The van der Waals surface area contributed by atoms with Crippen LogP contribution in [0.5, 0.6) is 0 Å². The van der Waals surface area contributed by atoms with E-state index in [0.29, 0.717) is 0 Å². The van der Waals surface area contributed by atoms with Gasteiger partial charge in [-0.05, 0) is 0 Å². The molecule has 0 aromatic heterocycles. The predicted molar refractivity (Wildman–Crippen MR) is 13.3 cm³/mol. The first-order chi connectivity index (χ1) is 1.00. The molecule has 0 aliphatic rings. The Kier molecular flexibility index (Phi) is 83.9. The summed E-state index contributed by atoms with van der Waals surface area (Å²) >= 11 is 3.89. The van der Waals surface area contributed by atoms with Crippen LogP contribution in [0.3, 0.4) is 0 Å². The quantitative estimate of drug-likeness (QED) is 0.545. The third-order valence-corrected chi connectivity index (χ3v) is 0. The van der Waals surface area contributed by atoms with Crippen LogP contribution in [0.15, 0.2) is 0 Å². The zero-order chi connectivity index (χ0) is 2.00. The zero-order valence-corrected chi connectivity index (χ0v) is 11.1. The van der Waals surface area contributed by atoms with Crippen LogP contribution >= 0.6 is 11.6 Å². The van der Waals surface area contributed by atoms with Gasteiger partial charge in [-0.25, -0.2) is 0 Å². The van der Waals surface area contributed by atoms with Crippen molar-refractivity contribution in [3.8, 4) is 0 Å². The summed E-state index contributed by atoms with van der Waals surface area (Å²) in [7, 11) is 2.56. The third-order valence-electron chi connectivity index (χ3n) is 0. The van der Waals surface area contributed by atoms with Gasteiger partial charge in [0, 0.05) is 46.8 Å². The molecule has 2 radical (unpaired) electrons. The molecule has 0 spiro atoms. The van der Waals surface area contributed by atoms with Gasteiger partial charge >= 0.3 is 0 Å². The van der Waals surface area contributed by atoms with Crippen molar-refractivity contribution in [2.24, 2.45) is 0 Å². The van der Waals surface area contributed by atoms with Crippen LogP contribution in [-0.4, -0.2) is 8.95 Å². The van der Waals surface area contributed by atoms with E-state index in [9.17, 15) is 0 Å². The molecule has 0 amide bonds. The van der Waals surface area contributed by atoms with Crippen LogP contribution in [-0.2, 0) is 46.8 Å². The molecule has 0 heterocycles. The van der Waals surface area contributed by atoms with Gasteiger partial charge in [-0.3, -0.25) is 0 Å². The van der Waals surface area contributed by atoms with E-state index < -0.39 is 0 Å². The Morgan fingerprint density at radius 1 is 1.25 bits per heavy atom. The maximum Gasteiger partial charge on any atom is 0.137 e. The van der Waals surface area contributed by atoms with Gasteiger partial charge in [-0.1, -0.05) is 0 Å². The Morgan fingerprint density at radius 2 is 1.25 bits per heavy atom. The molecule has 0 N–H and O–H groups in total. The van der Waals surface area contributed by atoms with Crippen LogP contribution in [0.2, 0.25) is 0 Å². The standard InChI is InChI=1S/Cd.SSi.Zn/c;1-2;.